The van der Waals surface area contributed by atoms with Gasteiger partial charge in [-0.15, -0.1) is 0 Å². The first kappa shape index (κ1) is 11.3. The fourth-order valence-electron chi connectivity index (χ4n) is 1.64. The number of hydrogen-bond donors (Lipinski definition) is 1. The lowest BCUT2D eigenvalue weighted by Gasteiger charge is -2.31. The van der Waals surface area contributed by atoms with Crippen LogP contribution in [0.15, 0.2) is 0 Å². The standard InChI is InChI=1S/C10H21NOS/c1-2-3-4-5-10(13)11-6-8-12-9-7-11/h10,13H,2-9H2,1H3. The molecule has 78 valence electrons. The minimum Gasteiger partial charge on any atom is -0.379 e. The molecule has 0 aromatic heterocycles. The van der Waals surface area contributed by atoms with Crippen LogP contribution < -0.4 is 0 Å². The van der Waals surface area contributed by atoms with E-state index in [1.807, 2.05) is 0 Å². The Labute approximate surface area is 87.0 Å². The Morgan fingerprint density at radius 1 is 1.31 bits per heavy atom. The van der Waals surface area contributed by atoms with Crippen LogP contribution in [0.5, 0.6) is 0 Å². The molecule has 1 rings (SSSR count). The molecule has 1 aliphatic heterocycles. The van der Waals surface area contributed by atoms with Gasteiger partial charge in [0.1, 0.15) is 0 Å². The molecule has 0 aliphatic carbocycles. The Balaban J connectivity index is 2.09. The van der Waals surface area contributed by atoms with Gasteiger partial charge in [0, 0.05) is 13.1 Å². The molecule has 0 aromatic rings. The first-order valence-corrected chi connectivity index (χ1v) is 5.86. The molecule has 1 heterocycles. The molecule has 3 heteroatoms. The predicted octanol–water partition coefficient (Wildman–Crippen LogP) is 2.15. The fourth-order valence-corrected chi connectivity index (χ4v) is 2.05. The molecule has 0 radical (unpaired) electrons. The lowest BCUT2D eigenvalue weighted by atomic mass is 10.2. The Bertz CT molecular complexity index is 126. The molecule has 1 aliphatic rings. The van der Waals surface area contributed by atoms with E-state index in [9.17, 15) is 0 Å². The Morgan fingerprint density at radius 3 is 2.62 bits per heavy atom. The summed E-state index contributed by atoms with van der Waals surface area (Å²) in [7, 11) is 0. The van der Waals surface area contributed by atoms with E-state index in [0.29, 0.717) is 5.37 Å². The predicted molar refractivity (Wildman–Crippen MR) is 59.3 cm³/mol. The third-order valence-electron chi connectivity index (χ3n) is 2.53. The van der Waals surface area contributed by atoms with Crippen molar-refractivity contribution in [1.82, 2.24) is 4.90 Å². The van der Waals surface area contributed by atoms with E-state index in [2.05, 4.69) is 24.5 Å². The first-order chi connectivity index (χ1) is 6.34. The second-order valence-corrected chi connectivity index (χ2v) is 4.22. The van der Waals surface area contributed by atoms with Gasteiger partial charge < -0.3 is 4.74 Å². The van der Waals surface area contributed by atoms with Crippen LogP contribution in [0.25, 0.3) is 0 Å². The Hall–Kier alpha value is 0.270. The zero-order chi connectivity index (χ0) is 9.52. The average Bonchev–Trinajstić information content (AvgIpc) is 2.19. The van der Waals surface area contributed by atoms with Crippen molar-refractivity contribution in [3.8, 4) is 0 Å². The third kappa shape index (κ3) is 4.34. The number of rotatable bonds is 5. The molecule has 1 saturated heterocycles. The molecule has 0 aromatic carbocycles. The summed E-state index contributed by atoms with van der Waals surface area (Å²) in [5.41, 5.74) is 0. The smallest absolute Gasteiger partial charge is 0.0594 e. The summed E-state index contributed by atoms with van der Waals surface area (Å²) in [4.78, 5) is 2.42. The molecule has 0 N–H and O–H groups in total. The van der Waals surface area contributed by atoms with Crippen LogP contribution in [0.3, 0.4) is 0 Å². The highest BCUT2D eigenvalue weighted by atomic mass is 32.1. The quantitative estimate of drug-likeness (QED) is 0.543. The van der Waals surface area contributed by atoms with Gasteiger partial charge in [-0.2, -0.15) is 12.6 Å². The molecule has 1 fully saturated rings. The van der Waals surface area contributed by atoms with Crippen molar-refractivity contribution in [3.63, 3.8) is 0 Å². The van der Waals surface area contributed by atoms with Crippen LogP contribution in [-0.4, -0.2) is 36.6 Å². The summed E-state index contributed by atoms with van der Waals surface area (Å²) in [5, 5.41) is 0.454. The van der Waals surface area contributed by atoms with Gasteiger partial charge in [-0.1, -0.05) is 26.2 Å². The van der Waals surface area contributed by atoms with Crippen molar-refractivity contribution in [2.24, 2.45) is 0 Å². The maximum absolute atomic E-state index is 5.30. The fraction of sp³-hybridized carbons (Fsp3) is 1.00. The lowest BCUT2D eigenvalue weighted by molar-refractivity contribution is 0.0314. The third-order valence-corrected chi connectivity index (χ3v) is 3.12. The van der Waals surface area contributed by atoms with E-state index in [0.717, 1.165) is 26.3 Å². The van der Waals surface area contributed by atoms with E-state index in [-0.39, 0.29) is 0 Å². The topological polar surface area (TPSA) is 12.5 Å². The zero-order valence-corrected chi connectivity index (χ0v) is 9.43. The second kappa shape index (κ2) is 6.68. The number of morpholine rings is 1. The van der Waals surface area contributed by atoms with Crippen LogP contribution in [0, 0.1) is 0 Å². The van der Waals surface area contributed by atoms with Gasteiger partial charge in [-0.05, 0) is 6.42 Å². The van der Waals surface area contributed by atoms with Gasteiger partial charge in [-0.25, -0.2) is 0 Å². The number of hydrogen-bond acceptors (Lipinski definition) is 3. The normalized spacial score (nSPS) is 21.7. The second-order valence-electron chi connectivity index (χ2n) is 3.62. The largest absolute Gasteiger partial charge is 0.379 e. The van der Waals surface area contributed by atoms with E-state index in [1.54, 1.807) is 0 Å². The first-order valence-electron chi connectivity index (χ1n) is 5.34. The molecule has 1 unspecified atom stereocenters. The zero-order valence-electron chi connectivity index (χ0n) is 8.54. The minimum absolute atomic E-state index is 0.454. The molecular weight excluding hydrogens is 182 g/mol. The summed E-state index contributed by atoms with van der Waals surface area (Å²) < 4.78 is 5.30. The maximum Gasteiger partial charge on any atom is 0.0594 e. The summed E-state index contributed by atoms with van der Waals surface area (Å²) in [5.74, 6) is 0. The molecule has 13 heavy (non-hydrogen) atoms. The Morgan fingerprint density at radius 2 is 2.00 bits per heavy atom. The highest BCUT2D eigenvalue weighted by Gasteiger charge is 2.16. The lowest BCUT2D eigenvalue weighted by Crippen LogP contribution is -2.41. The molecule has 0 spiro atoms. The molecule has 0 saturated carbocycles. The molecule has 0 bridgehead atoms. The highest BCUT2D eigenvalue weighted by Crippen LogP contribution is 2.14. The van der Waals surface area contributed by atoms with Crippen molar-refractivity contribution < 1.29 is 4.74 Å². The molecule has 1 atom stereocenters. The van der Waals surface area contributed by atoms with Crippen molar-refractivity contribution in [2.45, 2.75) is 38.0 Å². The van der Waals surface area contributed by atoms with E-state index >= 15 is 0 Å². The highest BCUT2D eigenvalue weighted by molar-refractivity contribution is 7.80. The minimum atomic E-state index is 0.454. The number of nitrogens with zero attached hydrogens (tertiary/aromatic N) is 1. The van der Waals surface area contributed by atoms with Crippen LogP contribution in [0.2, 0.25) is 0 Å². The van der Waals surface area contributed by atoms with Gasteiger partial charge in [-0.3, -0.25) is 4.90 Å². The van der Waals surface area contributed by atoms with Gasteiger partial charge in [0.25, 0.3) is 0 Å². The molecule has 2 nitrogen and oxygen atoms in total. The van der Waals surface area contributed by atoms with Crippen molar-refractivity contribution in [2.75, 3.05) is 26.3 Å². The van der Waals surface area contributed by atoms with Crippen molar-refractivity contribution >= 4 is 12.6 Å². The van der Waals surface area contributed by atoms with Gasteiger partial charge in [0.05, 0.1) is 18.6 Å². The number of ether oxygens (including phenoxy) is 1. The van der Waals surface area contributed by atoms with Crippen molar-refractivity contribution in [1.29, 1.82) is 0 Å². The van der Waals surface area contributed by atoms with Crippen LogP contribution in [0.4, 0.5) is 0 Å². The van der Waals surface area contributed by atoms with Gasteiger partial charge >= 0.3 is 0 Å². The molecular formula is C10H21NOS. The average molecular weight is 203 g/mol. The van der Waals surface area contributed by atoms with E-state index < -0.39 is 0 Å². The van der Waals surface area contributed by atoms with Crippen molar-refractivity contribution in [3.05, 3.63) is 0 Å². The number of unbranched alkanes of at least 4 members (excludes halogenated alkanes) is 2. The van der Waals surface area contributed by atoms with E-state index in [1.165, 1.54) is 25.7 Å². The Kier molecular flexibility index (Phi) is 5.83. The van der Waals surface area contributed by atoms with Gasteiger partial charge in [0.2, 0.25) is 0 Å². The maximum atomic E-state index is 5.30. The van der Waals surface area contributed by atoms with Crippen LogP contribution in [-0.2, 0) is 4.74 Å². The summed E-state index contributed by atoms with van der Waals surface area (Å²) in [6.45, 7) is 6.11. The van der Waals surface area contributed by atoms with Crippen LogP contribution in [0.1, 0.15) is 32.6 Å². The summed E-state index contributed by atoms with van der Waals surface area (Å²) >= 11 is 4.62. The summed E-state index contributed by atoms with van der Waals surface area (Å²) in [6.07, 6.45) is 5.16. The SMILES string of the molecule is CCCCCC(S)N1CCOCC1. The molecule has 0 amide bonds. The van der Waals surface area contributed by atoms with Gasteiger partial charge in [0.15, 0.2) is 0 Å². The van der Waals surface area contributed by atoms with E-state index in [4.69, 9.17) is 4.74 Å². The summed E-state index contributed by atoms with van der Waals surface area (Å²) in [6, 6.07) is 0. The number of thiol groups is 1. The monoisotopic (exact) mass is 203 g/mol. The van der Waals surface area contributed by atoms with Crippen LogP contribution >= 0.6 is 12.6 Å².